The Hall–Kier alpha value is -1.27. The fraction of sp³-hybridized carbons (Fsp3) is 0.364. The van der Waals surface area contributed by atoms with Crippen molar-refractivity contribution in [2.45, 2.75) is 13.0 Å². The Kier molecular flexibility index (Phi) is 3.26. The predicted octanol–water partition coefficient (Wildman–Crippen LogP) is 1.61. The molecule has 0 radical (unpaired) electrons. The van der Waals surface area contributed by atoms with E-state index in [4.69, 9.17) is 20.3 Å². The van der Waals surface area contributed by atoms with Crippen LogP contribution in [0.25, 0.3) is 0 Å². The first-order valence-corrected chi connectivity index (χ1v) is 5.88. The average molecular weight is 302 g/mol. The van der Waals surface area contributed by atoms with Crippen LogP contribution in [-0.2, 0) is 4.79 Å². The molecule has 1 unspecified atom stereocenters. The van der Waals surface area contributed by atoms with Gasteiger partial charge in [-0.25, -0.2) is 0 Å². The second kappa shape index (κ2) is 4.54. The summed E-state index contributed by atoms with van der Waals surface area (Å²) in [4.78, 5) is 10.9. The van der Waals surface area contributed by atoms with Gasteiger partial charge in [0.1, 0.15) is 19.3 Å². The lowest BCUT2D eigenvalue weighted by Crippen LogP contribution is -2.23. The third-order valence-electron chi connectivity index (χ3n) is 2.66. The number of halogens is 1. The van der Waals surface area contributed by atoms with E-state index in [1.54, 1.807) is 13.0 Å². The molecule has 2 rings (SSSR count). The standard InChI is InChI=1S/C11H12BrNO4/c1-5-6(8(13)11(14)15)4-7(12)10-9(5)16-2-3-17-10/h4,8H,2-3,13H2,1H3,(H,14,15). The Morgan fingerprint density at radius 3 is 2.65 bits per heavy atom. The van der Waals surface area contributed by atoms with E-state index in [2.05, 4.69) is 15.9 Å². The van der Waals surface area contributed by atoms with Crippen molar-refractivity contribution < 1.29 is 19.4 Å². The van der Waals surface area contributed by atoms with E-state index in [0.29, 0.717) is 40.3 Å². The van der Waals surface area contributed by atoms with E-state index in [9.17, 15) is 4.79 Å². The molecule has 0 aliphatic carbocycles. The van der Waals surface area contributed by atoms with Crippen LogP contribution < -0.4 is 15.2 Å². The number of carboxylic acids is 1. The minimum Gasteiger partial charge on any atom is -0.486 e. The minimum absolute atomic E-state index is 0.450. The highest BCUT2D eigenvalue weighted by Gasteiger charge is 2.25. The molecule has 0 saturated heterocycles. The zero-order valence-electron chi connectivity index (χ0n) is 9.20. The van der Waals surface area contributed by atoms with Crippen molar-refractivity contribution in [2.24, 2.45) is 5.73 Å². The van der Waals surface area contributed by atoms with Crippen LogP contribution in [0, 0.1) is 6.92 Å². The van der Waals surface area contributed by atoms with Gasteiger partial charge < -0.3 is 20.3 Å². The highest BCUT2D eigenvalue weighted by Crippen LogP contribution is 2.42. The summed E-state index contributed by atoms with van der Waals surface area (Å²) in [6, 6.07) is 0.601. The van der Waals surface area contributed by atoms with Gasteiger partial charge in [-0.15, -0.1) is 0 Å². The molecule has 1 atom stereocenters. The molecule has 5 nitrogen and oxygen atoms in total. The van der Waals surface area contributed by atoms with Crippen molar-refractivity contribution in [1.82, 2.24) is 0 Å². The normalized spacial score (nSPS) is 15.5. The average Bonchev–Trinajstić information content (AvgIpc) is 2.33. The van der Waals surface area contributed by atoms with Gasteiger partial charge in [0, 0.05) is 5.56 Å². The van der Waals surface area contributed by atoms with Crippen molar-refractivity contribution in [2.75, 3.05) is 13.2 Å². The number of hydrogen-bond acceptors (Lipinski definition) is 4. The monoisotopic (exact) mass is 301 g/mol. The van der Waals surface area contributed by atoms with Gasteiger partial charge in [0.25, 0.3) is 0 Å². The van der Waals surface area contributed by atoms with E-state index in [0.717, 1.165) is 0 Å². The smallest absolute Gasteiger partial charge is 0.325 e. The highest BCUT2D eigenvalue weighted by molar-refractivity contribution is 9.10. The Labute approximate surface area is 107 Å². The molecule has 3 N–H and O–H groups in total. The largest absolute Gasteiger partial charge is 0.486 e. The van der Waals surface area contributed by atoms with Crippen molar-refractivity contribution in [1.29, 1.82) is 0 Å². The van der Waals surface area contributed by atoms with Crippen LogP contribution in [0.1, 0.15) is 17.2 Å². The van der Waals surface area contributed by atoms with E-state index >= 15 is 0 Å². The molecule has 0 bridgehead atoms. The number of carbonyl (C=O) groups is 1. The van der Waals surface area contributed by atoms with Crippen LogP contribution in [0.5, 0.6) is 11.5 Å². The lowest BCUT2D eigenvalue weighted by atomic mass is 10.0. The molecular formula is C11H12BrNO4. The molecule has 0 spiro atoms. The van der Waals surface area contributed by atoms with Crippen molar-refractivity contribution in [3.63, 3.8) is 0 Å². The summed E-state index contributed by atoms with van der Waals surface area (Å²) >= 11 is 3.33. The Morgan fingerprint density at radius 2 is 2.06 bits per heavy atom. The number of nitrogens with two attached hydrogens (primary N) is 1. The van der Waals surface area contributed by atoms with Gasteiger partial charge >= 0.3 is 5.97 Å². The second-order valence-corrected chi connectivity index (χ2v) is 4.60. The number of rotatable bonds is 2. The number of benzene rings is 1. The van der Waals surface area contributed by atoms with Crippen LogP contribution in [0.4, 0.5) is 0 Å². The SMILES string of the molecule is Cc1c(C(N)C(=O)O)cc(Br)c2c1OCCO2. The maximum Gasteiger partial charge on any atom is 0.325 e. The summed E-state index contributed by atoms with van der Waals surface area (Å²) in [6.07, 6.45) is 0. The first-order chi connectivity index (χ1) is 8.02. The maximum absolute atomic E-state index is 10.9. The highest BCUT2D eigenvalue weighted by atomic mass is 79.9. The van der Waals surface area contributed by atoms with E-state index in [-0.39, 0.29) is 0 Å². The van der Waals surface area contributed by atoms with Crippen LogP contribution in [-0.4, -0.2) is 24.3 Å². The molecule has 0 aromatic heterocycles. The number of ether oxygens (including phenoxy) is 2. The molecule has 1 aromatic rings. The molecule has 17 heavy (non-hydrogen) atoms. The molecule has 0 amide bonds. The molecule has 0 saturated carbocycles. The lowest BCUT2D eigenvalue weighted by molar-refractivity contribution is -0.138. The van der Waals surface area contributed by atoms with Crippen LogP contribution in [0.3, 0.4) is 0 Å². The summed E-state index contributed by atoms with van der Waals surface area (Å²) in [6.45, 7) is 2.71. The van der Waals surface area contributed by atoms with Crippen LogP contribution >= 0.6 is 15.9 Å². The van der Waals surface area contributed by atoms with Crippen LogP contribution in [0.15, 0.2) is 10.5 Å². The van der Waals surface area contributed by atoms with E-state index in [1.165, 1.54) is 0 Å². The van der Waals surface area contributed by atoms with Gasteiger partial charge in [0.2, 0.25) is 0 Å². The topological polar surface area (TPSA) is 81.8 Å². The molecule has 92 valence electrons. The molecule has 6 heteroatoms. The van der Waals surface area contributed by atoms with Gasteiger partial charge in [-0.1, -0.05) is 0 Å². The number of aliphatic carboxylic acids is 1. The Morgan fingerprint density at radius 1 is 1.47 bits per heavy atom. The Balaban J connectivity index is 2.56. The van der Waals surface area contributed by atoms with Crippen molar-refractivity contribution in [3.8, 4) is 11.5 Å². The molecule has 1 aliphatic heterocycles. The third-order valence-corrected chi connectivity index (χ3v) is 3.25. The first kappa shape index (κ1) is 12.2. The van der Waals surface area contributed by atoms with Crippen molar-refractivity contribution in [3.05, 3.63) is 21.7 Å². The number of carboxylic acid groups (broad SMARTS) is 1. The summed E-state index contributed by atoms with van der Waals surface area (Å²) in [5, 5.41) is 8.94. The quantitative estimate of drug-likeness (QED) is 0.867. The number of hydrogen-bond donors (Lipinski definition) is 2. The van der Waals surface area contributed by atoms with Gasteiger partial charge in [0.05, 0.1) is 4.47 Å². The lowest BCUT2D eigenvalue weighted by Gasteiger charge is -2.24. The molecule has 1 aromatic carbocycles. The fourth-order valence-corrected chi connectivity index (χ4v) is 2.31. The number of fused-ring (bicyclic) bond motifs is 1. The fourth-order valence-electron chi connectivity index (χ4n) is 1.77. The van der Waals surface area contributed by atoms with Gasteiger partial charge in [-0.05, 0) is 34.5 Å². The molecule has 1 aliphatic rings. The van der Waals surface area contributed by atoms with Crippen molar-refractivity contribution >= 4 is 21.9 Å². The second-order valence-electron chi connectivity index (χ2n) is 3.74. The summed E-state index contributed by atoms with van der Waals surface area (Å²) in [7, 11) is 0. The van der Waals surface area contributed by atoms with Crippen LogP contribution in [0.2, 0.25) is 0 Å². The minimum atomic E-state index is -1.07. The Bertz CT molecular complexity index is 475. The zero-order valence-corrected chi connectivity index (χ0v) is 10.8. The summed E-state index contributed by atoms with van der Waals surface area (Å²) in [5.74, 6) is 0.101. The van der Waals surface area contributed by atoms with Gasteiger partial charge in [-0.2, -0.15) is 0 Å². The van der Waals surface area contributed by atoms with Gasteiger partial charge in [0.15, 0.2) is 11.5 Å². The van der Waals surface area contributed by atoms with Gasteiger partial charge in [-0.3, -0.25) is 4.79 Å². The zero-order chi connectivity index (χ0) is 12.6. The third kappa shape index (κ3) is 2.10. The predicted molar refractivity (Wildman–Crippen MR) is 64.4 cm³/mol. The maximum atomic E-state index is 10.9. The molecular weight excluding hydrogens is 290 g/mol. The molecule has 0 fully saturated rings. The first-order valence-electron chi connectivity index (χ1n) is 5.09. The molecule has 1 heterocycles. The summed E-state index contributed by atoms with van der Waals surface area (Å²) in [5.41, 5.74) is 6.85. The van der Waals surface area contributed by atoms with E-state index < -0.39 is 12.0 Å². The summed E-state index contributed by atoms with van der Waals surface area (Å²) < 4.78 is 11.6. The van der Waals surface area contributed by atoms with E-state index in [1.807, 2.05) is 0 Å².